The molecule has 0 saturated carbocycles. The van der Waals surface area contributed by atoms with Gasteiger partial charge in [0.2, 0.25) is 0 Å². The molecule has 0 fully saturated rings. The van der Waals surface area contributed by atoms with E-state index in [9.17, 15) is 43.7 Å². The van der Waals surface area contributed by atoms with Gasteiger partial charge in [-0.05, 0) is 24.6 Å². The molecule has 0 N–H and O–H groups in total. The number of rotatable bonds is 10. The molecule has 4 aromatic rings. The summed E-state index contributed by atoms with van der Waals surface area (Å²) in [6, 6.07) is 5.88. The van der Waals surface area contributed by atoms with Crippen LogP contribution < -0.4 is 93.4 Å². The van der Waals surface area contributed by atoms with Crippen molar-refractivity contribution in [1.29, 1.82) is 0 Å². The minimum atomic E-state index is -5.31. The zero-order valence-electron chi connectivity index (χ0n) is 22.9. The van der Waals surface area contributed by atoms with Crippen molar-refractivity contribution in [2.24, 2.45) is 0 Å². The maximum atomic E-state index is 12.5. The molecule has 0 aliphatic carbocycles. The van der Waals surface area contributed by atoms with Gasteiger partial charge in [0.15, 0.2) is 0 Å². The molecule has 0 aliphatic heterocycles. The summed E-state index contributed by atoms with van der Waals surface area (Å²) in [4.78, 5) is 9.70. The number of hydrogen-bond donors (Lipinski definition) is 0. The van der Waals surface area contributed by atoms with Crippen LogP contribution >= 0.6 is 0 Å². The third-order valence-corrected chi connectivity index (χ3v) is 8.89. The topological polar surface area (TPSA) is 198 Å². The summed E-state index contributed by atoms with van der Waals surface area (Å²) < 4.78 is 114. The number of carbonyl (C=O) groups is 1. The van der Waals surface area contributed by atoms with Crippen molar-refractivity contribution in [2.45, 2.75) is 60.1 Å². The van der Waals surface area contributed by atoms with E-state index in [0.29, 0.717) is 12.5 Å². The van der Waals surface area contributed by atoms with Crippen molar-refractivity contribution >= 4 is 68.6 Å². The summed E-state index contributed by atoms with van der Waals surface area (Å²) in [5.74, 6) is -1.04. The Morgan fingerprint density at radius 3 is 1.46 bits per heavy atom. The molecule has 0 heterocycles. The molecule has 0 amide bonds. The molecule has 4 aromatic carbocycles. The van der Waals surface area contributed by atoms with E-state index in [-0.39, 0.29) is 133 Å². The first kappa shape index (κ1) is 39.1. The second-order valence-corrected chi connectivity index (χ2v) is 12.9. The van der Waals surface area contributed by atoms with E-state index in [0.717, 1.165) is 49.9 Å². The van der Waals surface area contributed by atoms with Gasteiger partial charge in [-0.3, -0.25) is 4.79 Å². The number of hydrogen-bond acceptors (Lipinski definition) is 11. The normalized spacial score (nSPS) is 12.1. The molecule has 0 aliphatic rings. The predicted molar refractivity (Wildman–Crippen MR) is 133 cm³/mol. The van der Waals surface area contributed by atoms with Crippen LogP contribution in [0.5, 0.6) is 5.75 Å². The van der Waals surface area contributed by atoms with Crippen LogP contribution in [0, 0.1) is 0 Å². The van der Waals surface area contributed by atoms with E-state index in [1.807, 2.05) is 6.92 Å². The van der Waals surface area contributed by atoms with Crippen LogP contribution in [0.25, 0.3) is 32.3 Å². The smallest absolute Gasteiger partial charge is 0.744 e. The maximum Gasteiger partial charge on any atom is 1.00 e. The van der Waals surface area contributed by atoms with Gasteiger partial charge in [0.25, 0.3) is 0 Å². The van der Waals surface area contributed by atoms with Gasteiger partial charge >= 0.3 is 94.6 Å². The van der Waals surface area contributed by atoms with E-state index >= 15 is 0 Å². The summed E-state index contributed by atoms with van der Waals surface area (Å²) in [6.45, 7) is 2.04. The molecule has 0 atom stereocenters. The molecule has 11 nitrogen and oxygen atoms in total. The Morgan fingerprint density at radius 1 is 0.634 bits per heavy atom. The van der Waals surface area contributed by atoms with Crippen LogP contribution in [0.3, 0.4) is 0 Å². The Bertz CT molecular complexity index is 1860. The number of ether oxygens (including phenoxy) is 1. The van der Waals surface area contributed by atoms with Crippen LogP contribution in [0.15, 0.2) is 51.1 Å². The Morgan fingerprint density at radius 2 is 1.02 bits per heavy atom. The molecule has 0 bridgehead atoms. The Balaban J connectivity index is 0.00000280. The first-order valence-electron chi connectivity index (χ1n) is 11.5. The van der Waals surface area contributed by atoms with E-state index in [1.165, 1.54) is 6.07 Å². The molecule has 4 rings (SSSR count). The zero-order chi connectivity index (χ0) is 28.0. The Kier molecular flexibility index (Phi) is 14.3. The van der Waals surface area contributed by atoms with Gasteiger partial charge in [0, 0.05) is 38.7 Å². The van der Waals surface area contributed by atoms with E-state index < -0.39 is 51.0 Å². The fourth-order valence-electron chi connectivity index (χ4n) is 4.62. The fourth-order valence-corrected chi connectivity index (χ4v) is 6.79. The number of unbranched alkanes of at least 4 members (excludes halogenated alkanes) is 4. The van der Waals surface area contributed by atoms with Crippen molar-refractivity contribution in [2.75, 3.05) is 0 Å². The second kappa shape index (κ2) is 14.9. The molecule has 204 valence electrons. The summed E-state index contributed by atoms with van der Waals surface area (Å²) in [6.07, 6.45) is 4.19. The summed E-state index contributed by atoms with van der Waals surface area (Å²) in [5.41, 5.74) is 0. The third-order valence-electron chi connectivity index (χ3n) is 6.26. The van der Waals surface area contributed by atoms with Crippen LogP contribution in [0.4, 0.5) is 0 Å². The van der Waals surface area contributed by atoms with Crippen molar-refractivity contribution in [3.63, 3.8) is 0 Å². The largest absolute Gasteiger partial charge is 1.00 e. The summed E-state index contributed by atoms with van der Waals surface area (Å²) >= 11 is 0. The van der Waals surface area contributed by atoms with Crippen LogP contribution in [-0.2, 0) is 35.1 Å². The van der Waals surface area contributed by atoms with Gasteiger partial charge in [0.1, 0.15) is 36.1 Å². The standard InChI is InChI=1S/C24H24O11S3.3Na/c1-2-3-4-5-6-7-22(25)35-18-12-19(36(26,27)28)15-10-11-17-21(38(32,33)34)13-20(37(29,30)31)16-9-8-14(18)23(15)24(16)17;;;/h8-13H,2-7H2,1H3,(H,26,27,28)(H,29,30,31)(H,32,33,34);;;/q;3*+1/p-3. The minimum absolute atomic E-state index is 0. The van der Waals surface area contributed by atoms with Gasteiger partial charge in [-0.25, -0.2) is 25.3 Å². The van der Waals surface area contributed by atoms with Gasteiger partial charge in [-0.2, -0.15) is 0 Å². The van der Waals surface area contributed by atoms with E-state index in [1.54, 1.807) is 0 Å². The van der Waals surface area contributed by atoms with Crippen molar-refractivity contribution in [3.8, 4) is 5.75 Å². The summed E-state index contributed by atoms with van der Waals surface area (Å²) in [7, 11) is -15.8. The SMILES string of the molecule is CCCCCCCC(=O)Oc1cc(S(=O)(=O)[O-])c2ccc3c(S(=O)(=O)[O-])cc(S(=O)(=O)[O-])c4ccc1c2c43.[Na+].[Na+].[Na+]. The average molecular weight is 651 g/mol. The number of esters is 1. The quantitative estimate of drug-likeness (QED) is 0.0397. The molecule has 17 heteroatoms. The Hall–Kier alpha value is 0.120. The average Bonchev–Trinajstić information content (AvgIpc) is 2.80. The second-order valence-electron chi connectivity index (χ2n) is 8.82. The zero-order valence-corrected chi connectivity index (χ0v) is 31.4. The predicted octanol–water partition coefficient (Wildman–Crippen LogP) is -5.43. The van der Waals surface area contributed by atoms with E-state index in [4.69, 9.17) is 4.74 Å². The molecular formula is C24H21Na3O11S3. The first-order chi connectivity index (χ1) is 17.6. The molecule has 0 aromatic heterocycles. The molecule has 0 radical (unpaired) electrons. The Labute approximate surface area is 304 Å². The van der Waals surface area contributed by atoms with Gasteiger partial charge in [-0.1, -0.05) is 50.8 Å². The molecule has 0 spiro atoms. The van der Waals surface area contributed by atoms with Crippen molar-refractivity contribution in [1.82, 2.24) is 0 Å². The number of benzene rings is 4. The van der Waals surface area contributed by atoms with Gasteiger partial charge in [0.05, 0.1) is 14.7 Å². The first-order valence-corrected chi connectivity index (χ1v) is 15.7. The summed E-state index contributed by atoms with van der Waals surface area (Å²) in [5, 5.41) is -1.20. The molecule has 0 saturated heterocycles. The van der Waals surface area contributed by atoms with Crippen LogP contribution in [0.1, 0.15) is 45.4 Å². The molecule has 0 unspecified atom stereocenters. The van der Waals surface area contributed by atoms with Crippen LogP contribution in [-0.4, -0.2) is 44.9 Å². The van der Waals surface area contributed by atoms with Gasteiger partial charge in [-0.15, -0.1) is 0 Å². The number of carbonyl (C=O) groups excluding carboxylic acids is 1. The van der Waals surface area contributed by atoms with E-state index in [2.05, 4.69) is 0 Å². The van der Waals surface area contributed by atoms with Gasteiger partial charge < -0.3 is 18.4 Å². The minimum Gasteiger partial charge on any atom is -0.744 e. The molecular weight excluding hydrogens is 629 g/mol. The third kappa shape index (κ3) is 8.44. The van der Waals surface area contributed by atoms with Crippen LogP contribution in [0.2, 0.25) is 0 Å². The molecule has 41 heavy (non-hydrogen) atoms. The maximum absolute atomic E-state index is 12.5. The van der Waals surface area contributed by atoms with Crippen molar-refractivity contribution < 1.29 is 137 Å². The fraction of sp³-hybridized carbons (Fsp3) is 0.292. The monoisotopic (exact) mass is 650 g/mol. The van der Waals surface area contributed by atoms with Crippen molar-refractivity contribution in [3.05, 3.63) is 36.4 Å².